The maximum atomic E-state index is 12.8. The number of hydrogen-bond acceptors (Lipinski definition) is 4. The number of methoxy groups -OCH3 is 1. The van der Waals surface area contributed by atoms with E-state index in [0.29, 0.717) is 24.8 Å². The van der Waals surface area contributed by atoms with Gasteiger partial charge in [-0.05, 0) is 24.3 Å². The van der Waals surface area contributed by atoms with E-state index in [2.05, 4.69) is 10.3 Å². The largest absolute Gasteiger partial charge is 0.439 e. The predicted octanol–water partition coefficient (Wildman–Crippen LogP) is 2.22. The maximum Gasteiger partial charge on any atom is 0.208 e. The zero-order valence-electron chi connectivity index (χ0n) is 10.1. The first kappa shape index (κ1) is 12.7. The summed E-state index contributed by atoms with van der Waals surface area (Å²) in [5.41, 5.74) is 0.812. The van der Waals surface area contributed by atoms with Crippen molar-refractivity contribution in [2.24, 2.45) is 0 Å². The lowest BCUT2D eigenvalue weighted by Gasteiger charge is -2.00. The normalized spacial score (nSPS) is 10.8. The zero-order chi connectivity index (χ0) is 12.8. The number of nitrogens with zero attached hydrogens (tertiary/aromatic N) is 1. The van der Waals surface area contributed by atoms with Gasteiger partial charge in [0, 0.05) is 19.2 Å². The minimum absolute atomic E-state index is 0.264. The Kier molecular flexibility index (Phi) is 4.44. The van der Waals surface area contributed by atoms with Crippen molar-refractivity contribution in [3.05, 3.63) is 42.2 Å². The number of rotatable bonds is 6. The van der Waals surface area contributed by atoms with Crippen molar-refractivity contribution in [3.63, 3.8) is 0 Å². The number of benzene rings is 1. The molecule has 1 N–H and O–H groups in total. The molecule has 1 aromatic heterocycles. The third-order valence-corrected chi connectivity index (χ3v) is 2.44. The highest BCUT2D eigenvalue weighted by atomic mass is 19.1. The van der Waals surface area contributed by atoms with Gasteiger partial charge in [0.15, 0.2) is 5.76 Å². The molecular weight excluding hydrogens is 235 g/mol. The second kappa shape index (κ2) is 6.28. The average molecular weight is 250 g/mol. The number of aromatic nitrogens is 1. The Hall–Kier alpha value is -1.72. The van der Waals surface area contributed by atoms with Crippen LogP contribution in [0.25, 0.3) is 11.3 Å². The van der Waals surface area contributed by atoms with Gasteiger partial charge < -0.3 is 14.5 Å². The van der Waals surface area contributed by atoms with E-state index in [1.165, 1.54) is 12.1 Å². The first-order valence-corrected chi connectivity index (χ1v) is 5.70. The molecule has 1 heterocycles. The highest BCUT2D eigenvalue weighted by Gasteiger charge is 2.05. The first-order chi connectivity index (χ1) is 8.79. The van der Waals surface area contributed by atoms with Gasteiger partial charge in [-0.3, -0.25) is 0 Å². The van der Waals surface area contributed by atoms with E-state index in [0.717, 1.165) is 12.1 Å². The molecule has 0 amide bonds. The summed E-state index contributed by atoms with van der Waals surface area (Å²) in [6.07, 6.45) is 1.64. The van der Waals surface area contributed by atoms with Crippen LogP contribution in [0.3, 0.4) is 0 Å². The lowest BCUT2D eigenvalue weighted by molar-refractivity contribution is 0.198. The summed E-state index contributed by atoms with van der Waals surface area (Å²) in [5, 5.41) is 3.14. The smallest absolute Gasteiger partial charge is 0.208 e. The molecule has 18 heavy (non-hydrogen) atoms. The second-order valence-corrected chi connectivity index (χ2v) is 3.79. The Morgan fingerprint density at radius 1 is 1.33 bits per heavy atom. The molecule has 0 saturated heterocycles. The van der Waals surface area contributed by atoms with E-state index in [1.807, 2.05) is 0 Å². The second-order valence-electron chi connectivity index (χ2n) is 3.79. The minimum Gasteiger partial charge on any atom is -0.439 e. The average Bonchev–Trinajstić information content (AvgIpc) is 2.84. The number of nitrogens with one attached hydrogen (secondary N) is 1. The lowest BCUT2D eigenvalue weighted by atomic mass is 10.2. The molecule has 0 spiro atoms. The SMILES string of the molecule is COCCNCc1ncc(-c2ccc(F)cc2)o1. The van der Waals surface area contributed by atoms with E-state index in [4.69, 9.17) is 9.15 Å². The summed E-state index contributed by atoms with van der Waals surface area (Å²) < 4.78 is 23.2. The fourth-order valence-corrected chi connectivity index (χ4v) is 1.51. The molecule has 0 atom stereocenters. The molecule has 2 rings (SSSR count). The van der Waals surface area contributed by atoms with Gasteiger partial charge >= 0.3 is 0 Å². The van der Waals surface area contributed by atoms with Crippen molar-refractivity contribution in [1.82, 2.24) is 10.3 Å². The Morgan fingerprint density at radius 3 is 2.83 bits per heavy atom. The van der Waals surface area contributed by atoms with Gasteiger partial charge in [0.2, 0.25) is 5.89 Å². The molecule has 0 bridgehead atoms. The van der Waals surface area contributed by atoms with Crippen molar-refractivity contribution < 1.29 is 13.5 Å². The van der Waals surface area contributed by atoms with Crippen LogP contribution >= 0.6 is 0 Å². The van der Waals surface area contributed by atoms with Crippen molar-refractivity contribution in [2.45, 2.75) is 6.54 Å². The molecular formula is C13H15FN2O2. The Balaban J connectivity index is 1.95. The molecule has 0 saturated carbocycles. The van der Waals surface area contributed by atoms with E-state index < -0.39 is 0 Å². The van der Waals surface area contributed by atoms with Crippen LogP contribution in [-0.4, -0.2) is 25.2 Å². The molecule has 0 aliphatic carbocycles. The Labute approximate surface area is 105 Å². The van der Waals surface area contributed by atoms with Gasteiger partial charge in [0.05, 0.1) is 19.3 Å². The molecule has 0 aliphatic rings. The number of halogens is 1. The molecule has 0 aliphatic heterocycles. The summed E-state index contributed by atoms with van der Waals surface area (Å²) in [6, 6.07) is 6.12. The van der Waals surface area contributed by atoms with Gasteiger partial charge in [-0.15, -0.1) is 0 Å². The third kappa shape index (κ3) is 3.38. The van der Waals surface area contributed by atoms with E-state index in [-0.39, 0.29) is 5.82 Å². The number of ether oxygens (including phenoxy) is 1. The summed E-state index contributed by atoms with van der Waals surface area (Å²) in [5.74, 6) is 0.976. The van der Waals surface area contributed by atoms with Crippen molar-refractivity contribution in [1.29, 1.82) is 0 Å². The molecule has 4 nitrogen and oxygen atoms in total. The van der Waals surface area contributed by atoms with E-state index in [9.17, 15) is 4.39 Å². The lowest BCUT2D eigenvalue weighted by Crippen LogP contribution is -2.18. The fraction of sp³-hybridized carbons (Fsp3) is 0.308. The highest BCUT2D eigenvalue weighted by molar-refractivity contribution is 5.55. The Morgan fingerprint density at radius 2 is 2.11 bits per heavy atom. The van der Waals surface area contributed by atoms with E-state index >= 15 is 0 Å². The van der Waals surface area contributed by atoms with Gasteiger partial charge in [0.1, 0.15) is 5.82 Å². The third-order valence-electron chi connectivity index (χ3n) is 2.44. The van der Waals surface area contributed by atoms with Crippen LogP contribution in [0.2, 0.25) is 0 Å². The van der Waals surface area contributed by atoms with Gasteiger partial charge in [-0.2, -0.15) is 0 Å². The molecule has 96 valence electrons. The minimum atomic E-state index is -0.264. The quantitative estimate of drug-likeness (QED) is 0.798. The van der Waals surface area contributed by atoms with Crippen LogP contribution in [0.4, 0.5) is 4.39 Å². The van der Waals surface area contributed by atoms with Gasteiger partial charge in [0.25, 0.3) is 0 Å². The Bertz CT molecular complexity index is 482. The summed E-state index contributed by atoms with van der Waals surface area (Å²) in [6.45, 7) is 1.93. The van der Waals surface area contributed by atoms with Crippen LogP contribution in [0, 0.1) is 5.82 Å². The fourth-order valence-electron chi connectivity index (χ4n) is 1.51. The molecule has 0 fully saturated rings. The van der Waals surface area contributed by atoms with Crippen molar-refractivity contribution in [2.75, 3.05) is 20.3 Å². The van der Waals surface area contributed by atoms with Crippen molar-refractivity contribution >= 4 is 0 Å². The summed E-state index contributed by atoms with van der Waals surface area (Å²) >= 11 is 0. The standard InChI is InChI=1S/C13H15FN2O2/c1-17-7-6-15-9-13-16-8-12(18-13)10-2-4-11(14)5-3-10/h2-5,8,15H,6-7,9H2,1H3. The van der Waals surface area contributed by atoms with Crippen molar-refractivity contribution in [3.8, 4) is 11.3 Å². The molecule has 2 aromatic rings. The van der Waals surface area contributed by atoms with Gasteiger partial charge in [-0.1, -0.05) is 0 Å². The number of oxazole rings is 1. The van der Waals surface area contributed by atoms with Gasteiger partial charge in [-0.25, -0.2) is 9.37 Å². The summed E-state index contributed by atoms with van der Waals surface area (Å²) in [4.78, 5) is 4.15. The predicted molar refractivity (Wildman–Crippen MR) is 65.5 cm³/mol. The van der Waals surface area contributed by atoms with Crippen LogP contribution in [-0.2, 0) is 11.3 Å². The van der Waals surface area contributed by atoms with Crippen LogP contribution in [0.1, 0.15) is 5.89 Å². The molecule has 0 unspecified atom stereocenters. The first-order valence-electron chi connectivity index (χ1n) is 5.70. The molecule has 5 heteroatoms. The monoisotopic (exact) mass is 250 g/mol. The zero-order valence-corrected chi connectivity index (χ0v) is 10.1. The highest BCUT2D eigenvalue weighted by Crippen LogP contribution is 2.20. The number of hydrogen-bond donors (Lipinski definition) is 1. The molecule has 1 aromatic carbocycles. The topological polar surface area (TPSA) is 47.3 Å². The van der Waals surface area contributed by atoms with Crippen LogP contribution in [0.5, 0.6) is 0 Å². The molecule has 0 radical (unpaired) electrons. The maximum absolute atomic E-state index is 12.8. The van der Waals surface area contributed by atoms with E-state index in [1.54, 1.807) is 25.4 Å². The summed E-state index contributed by atoms with van der Waals surface area (Å²) in [7, 11) is 1.65. The van der Waals surface area contributed by atoms with Crippen LogP contribution in [0.15, 0.2) is 34.9 Å². The van der Waals surface area contributed by atoms with Crippen LogP contribution < -0.4 is 5.32 Å².